The maximum atomic E-state index is 12.9. The number of aryl methyl sites for hydroxylation is 1. The van der Waals surface area contributed by atoms with Crippen molar-refractivity contribution in [1.82, 2.24) is 14.8 Å². The fourth-order valence-electron chi connectivity index (χ4n) is 3.06. The number of piperazine rings is 1. The first-order valence-electron chi connectivity index (χ1n) is 8.35. The number of benzene rings is 1. The van der Waals surface area contributed by atoms with Gasteiger partial charge in [-0.05, 0) is 26.0 Å². The minimum absolute atomic E-state index is 0.104. The number of nitrogens with one attached hydrogen (secondary N) is 1. The smallest absolute Gasteiger partial charge is 0.409 e. The maximum Gasteiger partial charge on any atom is 0.409 e. The highest BCUT2D eigenvalue weighted by Gasteiger charge is 2.26. The van der Waals surface area contributed by atoms with Crippen LogP contribution in [0.2, 0.25) is 0 Å². The van der Waals surface area contributed by atoms with Crippen LogP contribution in [0.3, 0.4) is 0 Å². The topological polar surface area (TPSA) is 82.7 Å². The van der Waals surface area contributed by atoms with Crippen LogP contribution in [0.1, 0.15) is 23.0 Å². The van der Waals surface area contributed by atoms with Crippen molar-refractivity contribution < 1.29 is 14.3 Å². The van der Waals surface area contributed by atoms with Gasteiger partial charge in [0.25, 0.3) is 5.91 Å². The molecule has 0 aliphatic carbocycles. The number of aromatic amines is 1. The standard InChI is InChI=1S/C18H21N3O4/c1-3-25-18(24)21-9-7-20(8-10-21)17(23)14-6-4-5-13-15(22)11-12(2)19-16(13)14/h4-6,11H,3,7-10H2,1-2H3,(H,19,22). The number of hydrogen-bond acceptors (Lipinski definition) is 4. The molecule has 1 aliphatic heterocycles. The van der Waals surface area contributed by atoms with Crippen LogP contribution in [0.5, 0.6) is 0 Å². The molecule has 1 N–H and O–H groups in total. The summed E-state index contributed by atoms with van der Waals surface area (Å²) < 4.78 is 4.99. The van der Waals surface area contributed by atoms with E-state index in [0.717, 1.165) is 0 Å². The van der Waals surface area contributed by atoms with E-state index in [-0.39, 0.29) is 17.4 Å². The van der Waals surface area contributed by atoms with Gasteiger partial charge in [-0.1, -0.05) is 6.07 Å². The number of carbonyl (C=O) groups is 2. The molecule has 1 aromatic heterocycles. The van der Waals surface area contributed by atoms with Crippen LogP contribution in [-0.4, -0.2) is 59.6 Å². The van der Waals surface area contributed by atoms with Crippen LogP contribution < -0.4 is 5.43 Å². The molecule has 2 amide bonds. The molecule has 132 valence electrons. The lowest BCUT2D eigenvalue weighted by Gasteiger charge is -2.34. The van der Waals surface area contributed by atoms with Gasteiger partial charge >= 0.3 is 6.09 Å². The lowest BCUT2D eigenvalue weighted by Crippen LogP contribution is -2.50. The lowest BCUT2D eigenvalue weighted by atomic mass is 10.1. The van der Waals surface area contributed by atoms with E-state index in [2.05, 4.69) is 4.98 Å². The summed E-state index contributed by atoms with van der Waals surface area (Å²) in [5, 5.41) is 0.501. The Kier molecular flexibility index (Phi) is 4.74. The molecule has 1 saturated heterocycles. The predicted octanol–water partition coefficient (Wildman–Crippen LogP) is 1.75. The zero-order chi connectivity index (χ0) is 18.0. The Morgan fingerprint density at radius 3 is 2.52 bits per heavy atom. The van der Waals surface area contributed by atoms with Crippen molar-refractivity contribution in [2.75, 3.05) is 32.8 Å². The molecule has 0 spiro atoms. The van der Waals surface area contributed by atoms with Crippen molar-refractivity contribution in [3.8, 4) is 0 Å². The van der Waals surface area contributed by atoms with Gasteiger partial charge in [-0.25, -0.2) is 4.79 Å². The molecule has 7 heteroatoms. The van der Waals surface area contributed by atoms with Gasteiger partial charge in [0.2, 0.25) is 0 Å². The molecule has 3 rings (SSSR count). The summed E-state index contributed by atoms with van der Waals surface area (Å²) in [4.78, 5) is 43.2. The van der Waals surface area contributed by atoms with Crippen LogP contribution in [-0.2, 0) is 4.74 Å². The molecular formula is C18H21N3O4. The summed E-state index contributed by atoms with van der Waals surface area (Å²) in [6, 6.07) is 6.67. The van der Waals surface area contributed by atoms with Crippen LogP contribution in [0, 0.1) is 6.92 Å². The second kappa shape index (κ2) is 6.96. The van der Waals surface area contributed by atoms with E-state index in [1.807, 2.05) is 0 Å². The summed E-state index contributed by atoms with van der Waals surface area (Å²) >= 11 is 0. The van der Waals surface area contributed by atoms with Crippen LogP contribution >= 0.6 is 0 Å². The fourth-order valence-corrected chi connectivity index (χ4v) is 3.06. The van der Waals surface area contributed by atoms with Crippen LogP contribution in [0.15, 0.2) is 29.1 Å². The van der Waals surface area contributed by atoms with Gasteiger partial charge in [0.05, 0.1) is 17.7 Å². The van der Waals surface area contributed by atoms with Crippen LogP contribution in [0.25, 0.3) is 10.9 Å². The number of ether oxygens (including phenoxy) is 1. The number of amides is 2. The highest BCUT2D eigenvalue weighted by molar-refractivity contribution is 6.05. The summed E-state index contributed by atoms with van der Waals surface area (Å²) in [7, 11) is 0. The molecule has 1 fully saturated rings. The van der Waals surface area contributed by atoms with Gasteiger partial charge < -0.3 is 19.5 Å². The molecule has 0 saturated carbocycles. The van der Waals surface area contributed by atoms with E-state index < -0.39 is 0 Å². The number of aromatic nitrogens is 1. The van der Waals surface area contributed by atoms with Crippen molar-refractivity contribution in [3.63, 3.8) is 0 Å². The molecule has 0 radical (unpaired) electrons. The van der Waals surface area contributed by atoms with Gasteiger partial charge in [-0.3, -0.25) is 9.59 Å². The first-order valence-corrected chi connectivity index (χ1v) is 8.35. The molecule has 2 aromatic rings. The number of fused-ring (bicyclic) bond motifs is 1. The average molecular weight is 343 g/mol. The zero-order valence-corrected chi connectivity index (χ0v) is 14.4. The number of para-hydroxylation sites is 1. The number of H-pyrrole nitrogens is 1. The Labute approximate surface area is 145 Å². The molecule has 0 unspecified atom stereocenters. The third-order valence-electron chi connectivity index (χ3n) is 4.32. The highest BCUT2D eigenvalue weighted by Crippen LogP contribution is 2.17. The second-order valence-electron chi connectivity index (χ2n) is 6.02. The van der Waals surface area contributed by atoms with Gasteiger partial charge in [-0.15, -0.1) is 0 Å². The van der Waals surface area contributed by atoms with Crippen molar-refractivity contribution >= 4 is 22.9 Å². The number of nitrogens with zero attached hydrogens (tertiary/aromatic N) is 2. The summed E-state index contributed by atoms with van der Waals surface area (Å²) in [5.41, 5.74) is 1.64. The Balaban J connectivity index is 1.82. The SMILES string of the molecule is CCOC(=O)N1CCN(C(=O)c2cccc3c(=O)cc(C)[nH]c23)CC1. The second-order valence-corrected chi connectivity index (χ2v) is 6.02. The van der Waals surface area contributed by atoms with E-state index >= 15 is 0 Å². The first-order chi connectivity index (χ1) is 12.0. The molecule has 2 heterocycles. The van der Waals surface area contributed by atoms with E-state index in [9.17, 15) is 14.4 Å². The minimum atomic E-state index is -0.347. The third kappa shape index (κ3) is 3.35. The largest absolute Gasteiger partial charge is 0.450 e. The Bertz CT molecular complexity index is 866. The maximum absolute atomic E-state index is 12.9. The van der Waals surface area contributed by atoms with E-state index in [4.69, 9.17) is 4.74 Å². The fraction of sp³-hybridized carbons (Fsp3) is 0.389. The number of pyridine rings is 1. The molecule has 1 aliphatic rings. The number of carbonyl (C=O) groups excluding carboxylic acids is 2. The predicted molar refractivity (Wildman–Crippen MR) is 93.8 cm³/mol. The van der Waals surface area contributed by atoms with Gasteiger partial charge in [0.15, 0.2) is 5.43 Å². The average Bonchev–Trinajstić information content (AvgIpc) is 2.61. The Hall–Kier alpha value is -2.83. The minimum Gasteiger partial charge on any atom is -0.450 e. The zero-order valence-electron chi connectivity index (χ0n) is 14.4. The van der Waals surface area contributed by atoms with E-state index in [0.29, 0.717) is 54.9 Å². The summed E-state index contributed by atoms with van der Waals surface area (Å²) in [6.07, 6.45) is -0.347. The van der Waals surface area contributed by atoms with Crippen LogP contribution in [0.4, 0.5) is 4.79 Å². The lowest BCUT2D eigenvalue weighted by molar-refractivity contribution is 0.0572. The number of rotatable bonds is 2. The quantitative estimate of drug-likeness (QED) is 0.900. The number of hydrogen-bond donors (Lipinski definition) is 1. The molecule has 0 atom stereocenters. The van der Waals surface area contributed by atoms with Gasteiger partial charge in [0, 0.05) is 43.3 Å². The van der Waals surface area contributed by atoms with Gasteiger partial charge in [0.1, 0.15) is 0 Å². The normalized spacial score (nSPS) is 14.6. The Morgan fingerprint density at radius 2 is 1.84 bits per heavy atom. The molecule has 0 bridgehead atoms. The van der Waals surface area contributed by atoms with E-state index in [1.54, 1.807) is 41.8 Å². The molecule has 1 aromatic carbocycles. The van der Waals surface area contributed by atoms with Crippen molar-refractivity contribution in [1.29, 1.82) is 0 Å². The summed E-state index contributed by atoms with van der Waals surface area (Å²) in [5.74, 6) is -0.143. The molecule has 7 nitrogen and oxygen atoms in total. The van der Waals surface area contributed by atoms with E-state index in [1.165, 1.54) is 6.07 Å². The molecule has 25 heavy (non-hydrogen) atoms. The summed E-state index contributed by atoms with van der Waals surface area (Å²) in [6.45, 7) is 5.63. The molecular weight excluding hydrogens is 322 g/mol. The van der Waals surface area contributed by atoms with Crippen molar-refractivity contribution in [2.24, 2.45) is 0 Å². The Morgan fingerprint density at radius 1 is 1.16 bits per heavy atom. The first kappa shape index (κ1) is 17.0. The third-order valence-corrected chi connectivity index (χ3v) is 4.32. The van der Waals surface area contributed by atoms with Gasteiger partial charge in [-0.2, -0.15) is 0 Å². The monoisotopic (exact) mass is 343 g/mol. The van der Waals surface area contributed by atoms with Crippen molar-refractivity contribution in [2.45, 2.75) is 13.8 Å². The highest BCUT2D eigenvalue weighted by atomic mass is 16.6. The van der Waals surface area contributed by atoms with Crippen molar-refractivity contribution in [3.05, 3.63) is 45.7 Å².